The SMILES string of the molecule is CC1(C)CC(=O)C2=C(C1)N(c1cccc(F)c1)C(=O)CC2c1ccsc1. The molecule has 26 heavy (non-hydrogen) atoms. The maximum Gasteiger partial charge on any atom is 0.232 e. The van der Waals surface area contributed by atoms with Gasteiger partial charge in [0.25, 0.3) is 0 Å². The second kappa shape index (κ2) is 6.16. The van der Waals surface area contributed by atoms with Crippen molar-refractivity contribution in [2.24, 2.45) is 5.41 Å². The number of anilines is 1. The molecule has 3 nitrogen and oxygen atoms in total. The molecule has 1 aliphatic heterocycles. The van der Waals surface area contributed by atoms with E-state index in [4.69, 9.17) is 0 Å². The normalized spacial score (nSPS) is 22.6. The van der Waals surface area contributed by atoms with Gasteiger partial charge >= 0.3 is 0 Å². The third-order valence-corrected chi connectivity index (χ3v) is 5.86. The average Bonchev–Trinajstić information content (AvgIpc) is 3.06. The van der Waals surface area contributed by atoms with E-state index in [0.717, 1.165) is 16.8 Å². The van der Waals surface area contributed by atoms with Crippen LogP contribution in [0.15, 0.2) is 52.4 Å². The summed E-state index contributed by atoms with van der Waals surface area (Å²) in [6.45, 7) is 4.08. The van der Waals surface area contributed by atoms with Crippen LogP contribution in [-0.2, 0) is 9.59 Å². The van der Waals surface area contributed by atoms with E-state index in [2.05, 4.69) is 0 Å². The minimum absolute atomic E-state index is 0.0870. The summed E-state index contributed by atoms with van der Waals surface area (Å²) in [5.41, 5.74) is 2.76. The van der Waals surface area contributed by atoms with Crippen LogP contribution >= 0.6 is 11.3 Å². The summed E-state index contributed by atoms with van der Waals surface area (Å²) in [5, 5.41) is 3.98. The molecule has 1 atom stereocenters. The van der Waals surface area contributed by atoms with Crippen LogP contribution in [0.25, 0.3) is 0 Å². The highest BCUT2D eigenvalue weighted by Crippen LogP contribution is 2.48. The number of halogens is 1. The van der Waals surface area contributed by atoms with Crippen molar-refractivity contribution < 1.29 is 14.0 Å². The Kier molecular flexibility index (Phi) is 4.07. The lowest BCUT2D eigenvalue weighted by molar-refractivity contribution is -0.121. The minimum Gasteiger partial charge on any atom is -0.294 e. The number of ketones is 1. The summed E-state index contributed by atoms with van der Waals surface area (Å²) in [6, 6.07) is 8.02. The molecule has 2 aliphatic rings. The van der Waals surface area contributed by atoms with Gasteiger partial charge in [-0.2, -0.15) is 11.3 Å². The number of hydrogen-bond acceptors (Lipinski definition) is 3. The zero-order chi connectivity index (χ0) is 18.5. The number of carbonyl (C=O) groups excluding carboxylic acids is 2. The number of nitrogens with zero attached hydrogens (tertiary/aromatic N) is 1. The highest BCUT2D eigenvalue weighted by Gasteiger charge is 2.44. The van der Waals surface area contributed by atoms with E-state index in [1.807, 2.05) is 30.7 Å². The van der Waals surface area contributed by atoms with E-state index < -0.39 is 0 Å². The molecule has 0 saturated carbocycles. The van der Waals surface area contributed by atoms with Gasteiger partial charge in [-0.3, -0.25) is 14.5 Å². The Bertz CT molecular complexity index is 914. The zero-order valence-corrected chi connectivity index (χ0v) is 15.6. The van der Waals surface area contributed by atoms with Gasteiger partial charge in [-0.1, -0.05) is 19.9 Å². The summed E-state index contributed by atoms with van der Waals surface area (Å²) in [4.78, 5) is 27.6. The lowest BCUT2D eigenvalue weighted by Crippen LogP contribution is -2.43. The molecule has 2 aromatic rings. The molecule has 0 radical (unpaired) electrons. The largest absolute Gasteiger partial charge is 0.294 e. The summed E-state index contributed by atoms with van der Waals surface area (Å²) in [7, 11) is 0. The number of hydrogen-bond donors (Lipinski definition) is 0. The van der Waals surface area contributed by atoms with E-state index in [-0.39, 0.29) is 35.3 Å². The zero-order valence-electron chi connectivity index (χ0n) is 14.8. The van der Waals surface area contributed by atoms with Gasteiger partial charge < -0.3 is 0 Å². The highest BCUT2D eigenvalue weighted by atomic mass is 32.1. The van der Waals surface area contributed by atoms with Gasteiger partial charge in [0.2, 0.25) is 5.91 Å². The molecule has 0 N–H and O–H groups in total. The molecule has 2 heterocycles. The first kappa shape index (κ1) is 17.2. The molecule has 0 fully saturated rings. The summed E-state index contributed by atoms with van der Waals surface area (Å²) in [6.07, 6.45) is 1.33. The summed E-state index contributed by atoms with van der Waals surface area (Å²) < 4.78 is 13.8. The molecule has 1 amide bonds. The second-order valence-corrected chi connectivity index (χ2v) is 8.60. The Morgan fingerprint density at radius 1 is 1.19 bits per heavy atom. The van der Waals surface area contributed by atoms with Crippen LogP contribution in [0.3, 0.4) is 0 Å². The smallest absolute Gasteiger partial charge is 0.232 e. The highest BCUT2D eigenvalue weighted by molar-refractivity contribution is 7.08. The minimum atomic E-state index is -0.390. The molecule has 1 aromatic heterocycles. The van der Waals surface area contributed by atoms with Gasteiger partial charge in [-0.25, -0.2) is 4.39 Å². The lowest BCUT2D eigenvalue weighted by atomic mass is 9.69. The number of thiophene rings is 1. The van der Waals surface area contributed by atoms with Gasteiger partial charge in [0.05, 0.1) is 5.69 Å². The molecule has 1 aliphatic carbocycles. The first-order chi connectivity index (χ1) is 12.4. The van der Waals surface area contributed by atoms with Crippen molar-refractivity contribution in [1.29, 1.82) is 0 Å². The van der Waals surface area contributed by atoms with Crippen molar-refractivity contribution in [2.45, 2.75) is 39.0 Å². The van der Waals surface area contributed by atoms with E-state index in [9.17, 15) is 14.0 Å². The van der Waals surface area contributed by atoms with Crippen LogP contribution in [0.2, 0.25) is 0 Å². The van der Waals surface area contributed by atoms with E-state index in [0.29, 0.717) is 18.5 Å². The molecule has 134 valence electrons. The van der Waals surface area contributed by atoms with Gasteiger partial charge in [-0.05, 0) is 52.4 Å². The van der Waals surface area contributed by atoms with E-state index in [1.54, 1.807) is 28.4 Å². The molecule has 1 unspecified atom stereocenters. The topological polar surface area (TPSA) is 37.4 Å². The Labute approximate surface area is 156 Å². The van der Waals surface area contributed by atoms with Crippen LogP contribution < -0.4 is 4.90 Å². The number of rotatable bonds is 2. The molecule has 1 aromatic carbocycles. The van der Waals surface area contributed by atoms with Crippen molar-refractivity contribution in [2.75, 3.05) is 4.90 Å². The number of benzene rings is 1. The number of Topliss-reactive ketones (excluding diaryl/α,β-unsaturated/α-hetero) is 1. The Balaban J connectivity index is 1.91. The number of carbonyl (C=O) groups is 2. The fourth-order valence-corrected chi connectivity index (χ4v) is 4.80. The first-order valence-electron chi connectivity index (χ1n) is 8.72. The Hall–Kier alpha value is -2.27. The summed E-state index contributed by atoms with van der Waals surface area (Å²) >= 11 is 1.57. The third-order valence-electron chi connectivity index (χ3n) is 5.15. The molecule has 0 saturated heterocycles. The average molecular weight is 369 g/mol. The van der Waals surface area contributed by atoms with Crippen molar-refractivity contribution in [1.82, 2.24) is 0 Å². The Morgan fingerprint density at radius 2 is 2.00 bits per heavy atom. The maximum atomic E-state index is 13.8. The lowest BCUT2D eigenvalue weighted by Gasteiger charge is -2.42. The van der Waals surface area contributed by atoms with Crippen molar-refractivity contribution in [3.05, 3.63) is 63.7 Å². The fourth-order valence-electron chi connectivity index (χ4n) is 4.09. The molecule has 0 spiro atoms. The second-order valence-electron chi connectivity index (χ2n) is 7.82. The maximum absolute atomic E-state index is 13.8. The number of amides is 1. The molecular weight excluding hydrogens is 349 g/mol. The molecule has 5 heteroatoms. The van der Waals surface area contributed by atoms with Crippen LogP contribution in [0.5, 0.6) is 0 Å². The van der Waals surface area contributed by atoms with Crippen LogP contribution in [0, 0.1) is 11.2 Å². The van der Waals surface area contributed by atoms with Gasteiger partial charge in [0.15, 0.2) is 5.78 Å². The van der Waals surface area contributed by atoms with Crippen molar-refractivity contribution >= 4 is 28.7 Å². The van der Waals surface area contributed by atoms with Gasteiger partial charge in [0.1, 0.15) is 5.82 Å². The van der Waals surface area contributed by atoms with Crippen LogP contribution in [-0.4, -0.2) is 11.7 Å². The van der Waals surface area contributed by atoms with Gasteiger partial charge in [0, 0.05) is 30.0 Å². The van der Waals surface area contributed by atoms with Gasteiger partial charge in [-0.15, -0.1) is 0 Å². The fraction of sp³-hybridized carbons (Fsp3) is 0.333. The number of allylic oxidation sites excluding steroid dienone is 2. The van der Waals surface area contributed by atoms with E-state index in [1.165, 1.54) is 12.1 Å². The first-order valence-corrected chi connectivity index (χ1v) is 9.67. The summed E-state index contributed by atoms with van der Waals surface area (Å²) in [5.74, 6) is -0.576. The third kappa shape index (κ3) is 2.90. The Morgan fingerprint density at radius 3 is 2.69 bits per heavy atom. The quantitative estimate of drug-likeness (QED) is 0.743. The van der Waals surface area contributed by atoms with Crippen molar-refractivity contribution in [3.63, 3.8) is 0 Å². The standard InChI is InChI=1S/C21H20FNO2S/c1-21(2)10-17-20(18(24)11-21)16(13-6-7-26-12-13)9-19(25)23(17)15-5-3-4-14(22)8-15/h3-8,12,16H,9-11H2,1-2H3. The monoisotopic (exact) mass is 369 g/mol. The molecule has 0 bridgehead atoms. The predicted molar refractivity (Wildman–Crippen MR) is 101 cm³/mol. The molecular formula is C21H20FNO2S. The van der Waals surface area contributed by atoms with Crippen LogP contribution in [0.1, 0.15) is 44.6 Å². The predicted octanol–water partition coefficient (Wildman–Crippen LogP) is 5.05. The van der Waals surface area contributed by atoms with Crippen molar-refractivity contribution in [3.8, 4) is 0 Å². The van der Waals surface area contributed by atoms with E-state index >= 15 is 0 Å². The molecule has 4 rings (SSSR count). The van der Waals surface area contributed by atoms with Crippen LogP contribution in [0.4, 0.5) is 10.1 Å².